The molecular weight excluding hydrogens is 486 g/mol. The number of primary amides is 1. The summed E-state index contributed by atoms with van der Waals surface area (Å²) >= 11 is 3.35. The summed E-state index contributed by atoms with van der Waals surface area (Å²) in [5.41, 5.74) is 7.20. The second-order valence-corrected chi connectivity index (χ2v) is 8.38. The van der Waals surface area contributed by atoms with Gasteiger partial charge < -0.3 is 21.5 Å². The maximum Gasteiger partial charge on any atom is 0.252 e. The van der Waals surface area contributed by atoms with Gasteiger partial charge in [-0.25, -0.2) is 0 Å². The Balaban J connectivity index is 1.78. The molecule has 3 aromatic carbocycles. The van der Waals surface area contributed by atoms with Crippen molar-refractivity contribution in [1.29, 1.82) is 0 Å². The first-order valence-corrected chi connectivity index (χ1v) is 11.1. The van der Waals surface area contributed by atoms with Crippen molar-refractivity contribution in [3.63, 3.8) is 0 Å². The van der Waals surface area contributed by atoms with Crippen molar-refractivity contribution < 1.29 is 19.5 Å². The monoisotopic (exact) mass is 509 g/mol. The van der Waals surface area contributed by atoms with E-state index < -0.39 is 35.9 Å². The molecule has 0 unspecified atom stereocenters. The lowest BCUT2D eigenvalue weighted by atomic mass is 9.99. The molecule has 33 heavy (non-hydrogen) atoms. The van der Waals surface area contributed by atoms with Crippen LogP contribution in [0.3, 0.4) is 0 Å². The molecule has 7 nitrogen and oxygen atoms in total. The first kappa shape index (κ1) is 24.2. The van der Waals surface area contributed by atoms with Crippen LogP contribution in [0.1, 0.15) is 27.5 Å². The van der Waals surface area contributed by atoms with Crippen molar-refractivity contribution in [2.45, 2.75) is 24.6 Å². The number of carbonyl (C=O) groups excluding carboxylic acids is 3. The fourth-order valence-corrected chi connectivity index (χ4v) is 3.57. The van der Waals surface area contributed by atoms with Gasteiger partial charge in [0.25, 0.3) is 11.8 Å². The van der Waals surface area contributed by atoms with Crippen LogP contribution in [0.5, 0.6) is 0 Å². The molecule has 0 bridgehead atoms. The van der Waals surface area contributed by atoms with Crippen molar-refractivity contribution in [2.75, 3.05) is 0 Å². The molecule has 0 heterocycles. The summed E-state index contributed by atoms with van der Waals surface area (Å²) in [5, 5.41) is 16.1. The molecule has 170 valence electrons. The van der Waals surface area contributed by atoms with Gasteiger partial charge in [0.15, 0.2) is 6.10 Å². The maximum atomic E-state index is 12.9. The number of carbonyl (C=O) groups is 3. The highest BCUT2D eigenvalue weighted by Gasteiger charge is 2.31. The van der Waals surface area contributed by atoms with Crippen LogP contribution in [0.15, 0.2) is 89.4 Å². The number of aliphatic hydroxyl groups is 1. The van der Waals surface area contributed by atoms with E-state index in [2.05, 4.69) is 26.6 Å². The molecule has 0 aromatic heterocycles. The van der Waals surface area contributed by atoms with E-state index in [1.54, 1.807) is 72.8 Å². The highest BCUT2D eigenvalue weighted by Crippen LogP contribution is 2.19. The van der Waals surface area contributed by atoms with Crippen LogP contribution >= 0.6 is 15.9 Å². The Kier molecular flexibility index (Phi) is 8.34. The van der Waals surface area contributed by atoms with E-state index in [9.17, 15) is 19.5 Å². The molecular formula is C25H24BrN3O4. The lowest BCUT2D eigenvalue weighted by Crippen LogP contribution is -2.52. The molecule has 0 aliphatic heterocycles. The molecule has 8 heteroatoms. The van der Waals surface area contributed by atoms with E-state index in [1.165, 1.54) is 0 Å². The third kappa shape index (κ3) is 6.74. The quantitative estimate of drug-likeness (QED) is 0.354. The van der Waals surface area contributed by atoms with E-state index in [0.29, 0.717) is 11.1 Å². The van der Waals surface area contributed by atoms with Gasteiger partial charge in [-0.1, -0.05) is 76.6 Å². The minimum atomic E-state index is -1.66. The number of halogens is 1. The summed E-state index contributed by atoms with van der Waals surface area (Å²) < 4.78 is 0.876. The smallest absolute Gasteiger partial charge is 0.252 e. The molecule has 0 aliphatic carbocycles. The Labute approximate surface area is 200 Å². The molecule has 3 rings (SSSR count). The van der Waals surface area contributed by atoms with Crippen LogP contribution in [0.25, 0.3) is 0 Å². The Bertz CT molecular complexity index is 1090. The molecule has 0 saturated carbocycles. The Morgan fingerprint density at radius 1 is 0.848 bits per heavy atom. The van der Waals surface area contributed by atoms with E-state index in [0.717, 1.165) is 10.0 Å². The minimum absolute atomic E-state index is 0.160. The fraction of sp³-hybridized carbons (Fsp3) is 0.160. The Morgan fingerprint density at radius 3 is 2.00 bits per heavy atom. The summed E-state index contributed by atoms with van der Waals surface area (Å²) in [6, 6.07) is 22.3. The second-order valence-electron chi connectivity index (χ2n) is 7.47. The van der Waals surface area contributed by atoms with Crippen molar-refractivity contribution in [3.8, 4) is 0 Å². The maximum absolute atomic E-state index is 12.9. The van der Waals surface area contributed by atoms with Gasteiger partial charge in [-0.3, -0.25) is 14.4 Å². The van der Waals surface area contributed by atoms with Crippen LogP contribution in [0.2, 0.25) is 0 Å². The van der Waals surface area contributed by atoms with Crippen molar-refractivity contribution in [3.05, 3.63) is 106 Å². The second kappa shape index (κ2) is 11.4. The fourth-order valence-electron chi connectivity index (χ4n) is 3.31. The number of amides is 3. The molecule has 0 fully saturated rings. The predicted octanol–water partition coefficient (Wildman–Crippen LogP) is 2.49. The number of nitrogens with one attached hydrogen (secondary N) is 2. The number of benzene rings is 3. The largest absolute Gasteiger partial charge is 0.381 e. The van der Waals surface area contributed by atoms with Crippen molar-refractivity contribution in [2.24, 2.45) is 5.73 Å². The third-order valence-corrected chi connectivity index (χ3v) is 5.61. The van der Waals surface area contributed by atoms with Crippen LogP contribution in [0, 0.1) is 0 Å². The summed E-state index contributed by atoms with van der Waals surface area (Å²) in [4.78, 5) is 37.6. The normalized spacial score (nSPS) is 13.4. The summed E-state index contributed by atoms with van der Waals surface area (Å²) in [6.45, 7) is 0. The molecule has 0 radical (unpaired) electrons. The molecule has 0 saturated heterocycles. The number of aliphatic hydroxyl groups excluding tert-OH is 1. The van der Waals surface area contributed by atoms with E-state index in [-0.39, 0.29) is 6.42 Å². The number of hydrogen-bond donors (Lipinski definition) is 4. The molecule has 3 aromatic rings. The standard InChI is InChI=1S/C25H24BrN3O4/c26-19-13-11-16(12-14-19)15-20(23(27)31)28-25(33)22(30)21(17-7-3-1-4-8-17)29-24(32)18-9-5-2-6-10-18/h1-14,20-22,30H,15H2,(H2,27,31)(H,28,33)(H,29,32)/t20-,21-,22+/m0/s1. The Morgan fingerprint density at radius 2 is 1.42 bits per heavy atom. The lowest BCUT2D eigenvalue weighted by Gasteiger charge is -2.26. The average Bonchev–Trinajstić information content (AvgIpc) is 2.83. The van der Waals surface area contributed by atoms with Gasteiger partial charge in [-0.05, 0) is 35.4 Å². The highest BCUT2D eigenvalue weighted by molar-refractivity contribution is 9.10. The molecule has 0 aliphatic rings. The number of rotatable bonds is 9. The van der Waals surface area contributed by atoms with Gasteiger partial charge in [-0.15, -0.1) is 0 Å². The predicted molar refractivity (Wildman–Crippen MR) is 128 cm³/mol. The topological polar surface area (TPSA) is 122 Å². The average molecular weight is 510 g/mol. The number of nitrogens with two attached hydrogens (primary N) is 1. The van der Waals surface area contributed by atoms with Crippen LogP contribution in [-0.4, -0.2) is 35.0 Å². The van der Waals surface area contributed by atoms with Gasteiger partial charge in [-0.2, -0.15) is 0 Å². The Hall–Kier alpha value is -3.49. The van der Waals surface area contributed by atoms with Gasteiger partial charge in [0, 0.05) is 16.5 Å². The molecule has 5 N–H and O–H groups in total. The van der Waals surface area contributed by atoms with E-state index in [1.807, 2.05) is 12.1 Å². The zero-order valence-electron chi connectivity index (χ0n) is 17.6. The summed E-state index contributed by atoms with van der Waals surface area (Å²) in [5.74, 6) is -2.00. The van der Waals surface area contributed by atoms with Crippen LogP contribution in [-0.2, 0) is 16.0 Å². The van der Waals surface area contributed by atoms with Gasteiger partial charge >= 0.3 is 0 Å². The van der Waals surface area contributed by atoms with Gasteiger partial charge in [0.2, 0.25) is 5.91 Å². The first-order chi connectivity index (χ1) is 15.8. The first-order valence-electron chi connectivity index (χ1n) is 10.3. The zero-order valence-corrected chi connectivity index (χ0v) is 19.2. The van der Waals surface area contributed by atoms with Gasteiger partial charge in [0.05, 0.1) is 6.04 Å². The zero-order chi connectivity index (χ0) is 23.8. The highest BCUT2D eigenvalue weighted by atomic mass is 79.9. The van der Waals surface area contributed by atoms with Crippen LogP contribution < -0.4 is 16.4 Å². The van der Waals surface area contributed by atoms with Crippen molar-refractivity contribution in [1.82, 2.24) is 10.6 Å². The summed E-state index contributed by atoms with van der Waals surface area (Å²) in [7, 11) is 0. The van der Waals surface area contributed by atoms with Crippen molar-refractivity contribution >= 4 is 33.7 Å². The molecule has 3 atom stereocenters. The third-order valence-electron chi connectivity index (χ3n) is 5.08. The van der Waals surface area contributed by atoms with E-state index >= 15 is 0 Å². The molecule has 3 amide bonds. The number of hydrogen-bond acceptors (Lipinski definition) is 4. The SMILES string of the molecule is NC(=O)[C@H](Cc1ccc(Br)cc1)NC(=O)[C@H](O)[C@@H](NC(=O)c1ccccc1)c1ccccc1. The van der Waals surface area contributed by atoms with E-state index in [4.69, 9.17) is 5.73 Å². The lowest BCUT2D eigenvalue weighted by molar-refractivity contribution is -0.134. The van der Waals surface area contributed by atoms with Crippen LogP contribution in [0.4, 0.5) is 0 Å². The summed E-state index contributed by atoms with van der Waals surface area (Å²) in [6.07, 6.45) is -1.50. The van der Waals surface area contributed by atoms with Gasteiger partial charge in [0.1, 0.15) is 6.04 Å². The minimum Gasteiger partial charge on any atom is -0.381 e. The molecule has 0 spiro atoms.